The number of amides is 1. The number of aromatic nitrogens is 2. The molecule has 1 heterocycles. The molecule has 1 amide bonds. The fourth-order valence-corrected chi connectivity index (χ4v) is 6.45. The van der Waals surface area contributed by atoms with Crippen LogP contribution in [0.4, 0.5) is 10.5 Å². The fourth-order valence-electron chi connectivity index (χ4n) is 6.45. The Morgan fingerprint density at radius 2 is 1.27 bits per heavy atom. The third-order valence-corrected chi connectivity index (χ3v) is 8.62. The Kier molecular flexibility index (Phi) is 10.5. The molecular weight excluding hydrogens is 635 g/mol. The van der Waals surface area contributed by atoms with E-state index in [0.717, 1.165) is 39.1 Å². The first-order chi connectivity index (χ1) is 24.7. The van der Waals surface area contributed by atoms with E-state index >= 15 is 0 Å². The highest BCUT2D eigenvalue weighted by atomic mass is 16.6. The number of carbonyl (C=O) groups is 2. The fraction of sp³-hybridized carbons (Fsp3) is 0.182. The minimum Gasteiger partial charge on any atom is -0.444 e. The Bertz CT molecular complexity index is 1970. The molecule has 0 unspecified atom stereocenters. The summed E-state index contributed by atoms with van der Waals surface area (Å²) in [6.45, 7) is 9.48. The molecule has 0 atom stereocenters. The molecule has 0 fully saturated rings. The van der Waals surface area contributed by atoms with Crippen LogP contribution in [0, 0.1) is 6.92 Å². The number of hydrogen-bond donors (Lipinski definition) is 1. The van der Waals surface area contributed by atoms with Gasteiger partial charge in [-0.3, -0.25) is 10.1 Å². The van der Waals surface area contributed by atoms with E-state index in [1.807, 2.05) is 104 Å². The zero-order valence-electron chi connectivity index (χ0n) is 29.2. The largest absolute Gasteiger partial charge is 0.444 e. The first kappa shape index (κ1) is 34.9. The van der Waals surface area contributed by atoms with Crippen LogP contribution in [0.15, 0.2) is 146 Å². The van der Waals surface area contributed by atoms with Gasteiger partial charge in [0.15, 0.2) is 5.75 Å². The van der Waals surface area contributed by atoms with E-state index in [9.17, 15) is 9.59 Å². The van der Waals surface area contributed by atoms with Gasteiger partial charge < -0.3 is 14.0 Å². The Morgan fingerprint density at radius 3 is 1.78 bits per heavy atom. The van der Waals surface area contributed by atoms with Crippen molar-refractivity contribution in [3.05, 3.63) is 181 Å². The topological polar surface area (TPSA) is 82.5 Å². The van der Waals surface area contributed by atoms with E-state index < -0.39 is 23.2 Å². The lowest BCUT2D eigenvalue weighted by atomic mass is 9.77. The van der Waals surface area contributed by atoms with Crippen LogP contribution in [0.3, 0.4) is 0 Å². The first-order valence-electron chi connectivity index (χ1n) is 17.1. The maximum absolute atomic E-state index is 13.5. The van der Waals surface area contributed by atoms with Gasteiger partial charge in [0.2, 0.25) is 0 Å². The number of carbonyl (C=O) groups excluding carboxylic acids is 2. The molecule has 0 aliphatic heterocycles. The van der Waals surface area contributed by atoms with Crippen molar-refractivity contribution >= 4 is 17.7 Å². The monoisotopic (exact) mass is 676 g/mol. The van der Waals surface area contributed by atoms with Gasteiger partial charge in [0.05, 0.1) is 24.1 Å². The smallest absolute Gasteiger partial charge is 0.412 e. The van der Waals surface area contributed by atoms with Gasteiger partial charge in [0.1, 0.15) is 11.1 Å². The van der Waals surface area contributed by atoms with Crippen molar-refractivity contribution in [3.8, 4) is 16.9 Å². The van der Waals surface area contributed by atoms with Crippen LogP contribution in [0.1, 0.15) is 55.1 Å². The van der Waals surface area contributed by atoms with Gasteiger partial charge in [-0.05, 0) is 68.0 Å². The summed E-state index contributed by atoms with van der Waals surface area (Å²) < 4.78 is 13.7. The van der Waals surface area contributed by atoms with Crippen molar-refractivity contribution in [2.75, 3.05) is 5.32 Å². The van der Waals surface area contributed by atoms with Crippen molar-refractivity contribution in [1.82, 2.24) is 9.55 Å². The zero-order valence-corrected chi connectivity index (χ0v) is 29.2. The molecule has 7 nitrogen and oxygen atoms in total. The summed E-state index contributed by atoms with van der Waals surface area (Å²) >= 11 is 0. The van der Waals surface area contributed by atoms with Gasteiger partial charge in [-0.1, -0.05) is 127 Å². The molecule has 0 bridgehead atoms. The molecule has 0 aliphatic carbocycles. The molecule has 6 aromatic rings. The summed E-state index contributed by atoms with van der Waals surface area (Å²) in [5.41, 5.74) is 5.36. The average molecular weight is 677 g/mol. The molecule has 1 aromatic heterocycles. The summed E-state index contributed by atoms with van der Waals surface area (Å²) in [5, 5.41) is 2.87. The molecule has 257 valence electrons. The standard InChI is InChI=1S/C44H42N3O4/c1-5-32-26-28-38(41(46-42(49)51-43(2,3)4)40(32)33-18-10-6-11-19-33)50-39(48)29-27-37-30-47(31-45-37)44(34-20-12-7-13-21-34,35-22-14-8-15-23-35)36-24-16-9-17-25-36/h6-26,28,30-31H,1,5,27,29H2,2-4H3,(H,46,49). The van der Waals surface area contributed by atoms with E-state index in [1.165, 1.54) is 0 Å². The van der Waals surface area contributed by atoms with Crippen molar-refractivity contribution in [2.24, 2.45) is 0 Å². The van der Waals surface area contributed by atoms with E-state index in [2.05, 4.69) is 53.2 Å². The van der Waals surface area contributed by atoms with E-state index in [0.29, 0.717) is 18.5 Å². The van der Waals surface area contributed by atoms with Crippen molar-refractivity contribution in [3.63, 3.8) is 0 Å². The van der Waals surface area contributed by atoms with Gasteiger partial charge in [0.25, 0.3) is 0 Å². The van der Waals surface area contributed by atoms with Gasteiger partial charge in [-0.2, -0.15) is 0 Å². The average Bonchev–Trinajstić information content (AvgIpc) is 3.62. The number of benzene rings is 5. The summed E-state index contributed by atoms with van der Waals surface area (Å²) in [4.78, 5) is 31.3. The summed E-state index contributed by atoms with van der Waals surface area (Å²) in [6, 6.07) is 44.3. The maximum Gasteiger partial charge on any atom is 0.412 e. The zero-order chi connectivity index (χ0) is 35.8. The number of esters is 1. The first-order valence-corrected chi connectivity index (χ1v) is 17.1. The SMILES string of the molecule is [CH2]Cc1ccc(OC(=O)CCc2cn(C(c3ccccc3)(c3ccccc3)c3ccccc3)cn2)c(NC(=O)OC(C)(C)C)c1-c1ccccc1. The lowest BCUT2D eigenvalue weighted by Crippen LogP contribution is -2.36. The van der Waals surface area contributed by atoms with E-state index in [1.54, 1.807) is 26.8 Å². The van der Waals surface area contributed by atoms with Gasteiger partial charge in [0, 0.05) is 18.2 Å². The Labute approximate surface area is 299 Å². The van der Waals surface area contributed by atoms with E-state index in [-0.39, 0.29) is 12.2 Å². The van der Waals surface area contributed by atoms with Crippen LogP contribution < -0.4 is 10.1 Å². The molecule has 6 rings (SSSR count). The second-order valence-corrected chi connectivity index (χ2v) is 13.3. The molecule has 1 N–H and O–H groups in total. The molecular formula is C44H42N3O4. The lowest BCUT2D eigenvalue weighted by molar-refractivity contribution is -0.134. The predicted octanol–water partition coefficient (Wildman–Crippen LogP) is 9.65. The normalized spacial score (nSPS) is 11.5. The predicted molar refractivity (Wildman–Crippen MR) is 202 cm³/mol. The number of nitrogens with one attached hydrogen (secondary N) is 1. The summed E-state index contributed by atoms with van der Waals surface area (Å²) in [7, 11) is 0. The van der Waals surface area contributed by atoms with Crippen molar-refractivity contribution in [2.45, 2.75) is 51.2 Å². The van der Waals surface area contributed by atoms with Crippen LogP contribution in [-0.4, -0.2) is 27.2 Å². The van der Waals surface area contributed by atoms with Gasteiger partial charge in [-0.15, -0.1) is 0 Å². The number of aryl methyl sites for hydroxylation is 1. The Hall–Kier alpha value is -5.95. The number of imidazole rings is 1. The van der Waals surface area contributed by atoms with Crippen LogP contribution in [0.2, 0.25) is 0 Å². The quantitative estimate of drug-likeness (QED) is 0.0840. The van der Waals surface area contributed by atoms with E-state index in [4.69, 9.17) is 14.5 Å². The third-order valence-electron chi connectivity index (χ3n) is 8.62. The molecule has 0 saturated heterocycles. The van der Waals surface area contributed by atoms with Crippen LogP contribution in [-0.2, 0) is 27.9 Å². The molecule has 0 spiro atoms. The number of ether oxygens (including phenoxy) is 2. The van der Waals surface area contributed by atoms with Crippen LogP contribution >= 0.6 is 0 Å². The molecule has 5 aromatic carbocycles. The molecule has 1 radical (unpaired) electrons. The number of hydrogen-bond acceptors (Lipinski definition) is 5. The number of rotatable bonds is 11. The minimum absolute atomic E-state index is 0.0651. The second kappa shape index (κ2) is 15.3. The highest BCUT2D eigenvalue weighted by Gasteiger charge is 2.38. The lowest BCUT2D eigenvalue weighted by Gasteiger charge is -2.37. The van der Waals surface area contributed by atoms with Crippen molar-refractivity contribution < 1.29 is 19.1 Å². The van der Waals surface area contributed by atoms with Gasteiger partial charge in [-0.25, -0.2) is 9.78 Å². The maximum atomic E-state index is 13.5. The molecule has 7 heteroatoms. The van der Waals surface area contributed by atoms with Crippen LogP contribution in [0.5, 0.6) is 5.75 Å². The summed E-state index contributed by atoms with van der Waals surface area (Å²) in [6.07, 6.45) is 4.06. The van der Waals surface area contributed by atoms with Crippen LogP contribution in [0.25, 0.3) is 11.1 Å². The Morgan fingerprint density at radius 1 is 0.745 bits per heavy atom. The number of nitrogens with zero attached hydrogens (tertiary/aromatic N) is 2. The summed E-state index contributed by atoms with van der Waals surface area (Å²) in [5.74, 6) is -0.234. The van der Waals surface area contributed by atoms with Crippen molar-refractivity contribution in [1.29, 1.82) is 0 Å². The highest BCUT2D eigenvalue weighted by molar-refractivity contribution is 5.96. The second-order valence-electron chi connectivity index (χ2n) is 13.3. The number of anilines is 1. The molecule has 51 heavy (non-hydrogen) atoms. The Balaban J connectivity index is 1.30. The third kappa shape index (κ3) is 7.78. The molecule has 0 aliphatic rings. The minimum atomic E-state index is -0.722. The highest BCUT2D eigenvalue weighted by Crippen LogP contribution is 2.42. The molecule has 0 saturated carbocycles. The van der Waals surface area contributed by atoms with Gasteiger partial charge >= 0.3 is 12.1 Å².